The number of ether oxygens (including phenoxy) is 1. The van der Waals surface area contributed by atoms with Crippen LogP contribution in [0.5, 0.6) is 11.5 Å². The Labute approximate surface area is 202 Å². The summed E-state index contributed by atoms with van der Waals surface area (Å²) in [4.78, 5) is 16.0. The number of carbonyl (C=O) groups is 1. The maximum absolute atomic E-state index is 11.7. The number of benzene rings is 2. The van der Waals surface area contributed by atoms with E-state index < -0.39 is 0 Å². The lowest BCUT2D eigenvalue weighted by atomic mass is 10.2. The Kier molecular flexibility index (Phi) is 7.07. The number of rotatable bonds is 8. The number of hydrogen-bond acceptors (Lipinski definition) is 5. The molecule has 0 radical (unpaired) electrons. The molecule has 2 aromatic carbocycles. The van der Waals surface area contributed by atoms with Crippen molar-refractivity contribution in [1.82, 2.24) is 10.3 Å². The molecule has 0 unspecified atom stereocenters. The number of carbonyl (C=O) groups excluding carboxylic acids is 1. The van der Waals surface area contributed by atoms with E-state index in [4.69, 9.17) is 28.6 Å². The van der Waals surface area contributed by atoms with Crippen LogP contribution in [0.4, 0.5) is 22.9 Å². The molecule has 1 amide bonds. The third kappa shape index (κ3) is 6.44. The number of anilines is 4. The first-order valence-electron chi connectivity index (χ1n) is 10.3. The Morgan fingerprint density at radius 3 is 2.55 bits per heavy atom. The van der Waals surface area contributed by atoms with Crippen molar-refractivity contribution in [3.8, 4) is 11.5 Å². The Bertz CT molecular complexity index is 1200. The second kappa shape index (κ2) is 10.3. The van der Waals surface area contributed by atoms with Gasteiger partial charge in [-0.2, -0.15) is 0 Å². The average Bonchev–Trinajstić information content (AvgIpc) is 3.61. The molecule has 0 aliphatic heterocycles. The fraction of sp³-hybridized carbons (Fsp3) is 0.125. The highest BCUT2D eigenvalue weighted by atomic mass is 35.5. The quantitative estimate of drug-likeness (QED) is 0.238. The van der Waals surface area contributed by atoms with E-state index in [1.54, 1.807) is 30.5 Å². The molecule has 4 N–H and O–H groups in total. The lowest BCUT2D eigenvalue weighted by Gasteiger charge is -2.14. The van der Waals surface area contributed by atoms with Crippen molar-refractivity contribution in [2.24, 2.45) is 0 Å². The fourth-order valence-corrected chi connectivity index (χ4v) is 3.43. The van der Waals surface area contributed by atoms with E-state index in [0.717, 1.165) is 12.8 Å². The Balaban J connectivity index is 1.43. The van der Waals surface area contributed by atoms with Gasteiger partial charge in [0.1, 0.15) is 17.3 Å². The predicted molar refractivity (Wildman–Crippen MR) is 137 cm³/mol. The van der Waals surface area contributed by atoms with Crippen LogP contribution in [0.25, 0.3) is 0 Å². The molecular weight excluding hydrogens is 458 g/mol. The number of halogens is 1. The summed E-state index contributed by atoms with van der Waals surface area (Å²) in [6.45, 7) is 3.48. The van der Waals surface area contributed by atoms with Crippen LogP contribution in [-0.4, -0.2) is 22.0 Å². The van der Waals surface area contributed by atoms with Crippen molar-refractivity contribution in [3.63, 3.8) is 0 Å². The van der Waals surface area contributed by atoms with Gasteiger partial charge in [0.2, 0.25) is 5.91 Å². The van der Waals surface area contributed by atoms with Crippen LogP contribution < -0.4 is 26.0 Å². The first kappa shape index (κ1) is 22.6. The van der Waals surface area contributed by atoms with Gasteiger partial charge in [0, 0.05) is 24.4 Å². The number of nitrogens with zero attached hydrogens (tertiary/aromatic N) is 1. The van der Waals surface area contributed by atoms with Crippen LogP contribution in [0.2, 0.25) is 5.02 Å². The van der Waals surface area contributed by atoms with E-state index >= 15 is 0 Å². The number of para-hydroxylation sites is 2. The monoisotopic (exact) mass is 479 g/mol. The first-order chi connectivity index (χ1) is 16.0. The van der Waals surface area contributed by atoms with E-state index in [-0.39, 0.29) is 5.91 Å². The van der Waals surface area contributed by atoms with Gasteiger partial charge in [-0.15, -0.1) is 0 Å². The van der Waals surface area contributed by atoms with Gasteiger partial charge >= 0.3 is 0 Å². The van der Waals surface area contributed by atoms with Gasteiger partial charge in [0.15, 0.2) is 5.11 Å². The van der Waals surface area contributed by atoms with Crippen LogP contribution in [0.1, 0.15) is 12.8 Å². The van der Waals surface area contributed by atoms with Gasteiger partial charge in [-0.05, 0) is 61.5 Å². The van der Waals surface area contributed by atoms with E-state index in [0.29, 0.717) is 50.6 Å². The van der Waals surface area contributed by atoms with Gasteiger partial charge in [-0.25, -0.2) is 4.98 Å². The van der Waals surface area contributed by atoms with Crippen molar-refractivity contribution in [2.75, 3.05) is 16.0 Å². The minimum Gasteiger partial charge on any atom is -0.457 e. The zero-order valence-corrected chi connectivity index (χ0v) is 19.2. The lowest BCUT2D eigenvalue weighted by molar-refractivity contribution is -0.111. The number of nitrogens with one attached hydrogen (secondary N) is 4. The summed E-state index contributed by atoms with van der Waals surface area (Å²) < 4.78 is 5.96. The summed E-state index contributed by atoms with van der Waals surface area (Å²) in [5, 5.41) is 13.3. The third-order valence-electron chi connectivity index (χ3n) is 4.70. The topological polar surface area (TPSA) is 87.3 Å². The molecule has 9 heteroatoms. The Morgan fingerprint density at radius 2 is 1.82 bits per heavy atom. The van der Waals surface area contributed by atoms with E-state index in [1.807, 2.05) is 30.3 Å². The highest BCUT2D eigenvalue weighted by Crippen LogP contribution is 2.31. The normalized spacial score (nSPS) is 12.4. The second-order valence-corrected chi connectivity index (χ2v) is 8.17. The maximum Gasteiger partial charge on any atom is 0.247 e. The maximum atomic E-state index is 11.7. The minimum absolute atomic E-state index is 0.298. The van der Waals surface area contributed by atoms with Gasteiger partial charge in [0.05, 0.1) is 22.1 Å². The van der Waals surface area contributed by atoms with Crippen molar-refractivity contribution in [3.05, 3.63) is 78.5 Å². The zero-order valence-electron chi connectivity index (χ0n) is 17.6. The number of pyridine rings is 1. The van der Waals surface area contributed by atoms with Crippen molar-refractivity contribution < 1.29 is 9.53 Å². The van der Waals surface area contributed by atoms with E-state index in [1.165, 1.54) is 6.08 Å². The van der Waals surface area contributed by atoms with Crippen LogP contribution in [0.3, 0.4) is 0 Å². The van der Waals surface area contributed by atoms with Gasteiger partial charge in [-0.1, -0.05) is 30.3 Å². The van der Waals surface area contributed by atoms with Crippen LogP contribution in [0.15, 0.2) is 73.4 Å². The van der Waals surface area contributed by atoms with Gasteiger partial charge in [-0.3, -0.25) is 4.79 Å². The second-order valence-electron chi connectivity index (χ2n) is 7.36. The first-order valence-corrected chi connectivity index (χ1v) is 11.1. The summed E-state index contributed by atoms with van der Waals surface area (Å²) in [6, 6.07) is 16.6. The molecule has 0 atom stereocenters. The number of hydrogen-bond donors (Lipinski definition) is 4. The molecule has 168 valence electrons. The summed E-state index contributed by atoms with van der Waals surface area (Å²) in [5.74, 6) is 1.40. The molecule has 1 aliphatic carbocycles. The summed E-state index contributed by atoms with van der Waals surface area (Å²) in [6.07, 6.45) is 5.12. The Morgan fingerprint density at radius 1 is 1.06 bits per heavy atom. The molecule has 1 aromatic heterocycles. The number of aromatic nitrogens is 1. The standard InChI is InChI=1S/C24H22ClN5O2S/c1-2-23(31)29-21-6-4-3-5-20(21)28-22-14-17(11-12-26-22)32-16-9-10-19(18(25)13-16)30-24(33)27-15-7-8-15/h2-6,9-15H,1,7-8H2,(H,26,28)(H,29,31)(H2,27,30,33). The Hall–Kier alpha value is -3.62. The van der Waals surface area contributed by atoms with Crippen molar-refractivity contribution in [1.29, 1.82) is 0 Å². The number of amides is 1. The summed E-state index contributed by atoms with van der Waals surface area (Å²) in [7, 11) is 0. The van der Waals surface area contributed by atoms with Crippen LogP contribution >= 0.6 is 23.8 Å². The summed E-state index contributed by atoms with van der Waals surface area (Å²) >= 11 is 11.7. The molecule has 1 fully saturated rings. The average molecular weight is 480 g/mol. The third-order valence-corrected chi connectivity index (χ3v) is 5.23. The van der Waals surface area contributed by atoms with Crippen molar-refractivity contribution in [2.45, 2.75) is 18.9 Å². The lowest BCUT2D eigenvalue weighted by Crippen LogP contribution is -2.30. The molecule has 1 saturated carbocycles. The fourth-order valence-electron chi connectivity index (χ4n) is 2.93. The molecule has 0 bridgehead atoms. The molecule has 1 heterocycles. The smallest absolute Gasteiger partial charge is 0.247 e. The molecule has 3 aromatic rings. The minimum atomic E-state index is -0.298. The SMILES string of the molecule is C=CC(=O)Nc1ccccc1Nc1cc(Oc2ccc(NC(=S)NC3CC3)c(Cl)c2)ccn1. The van der Waals surface area contributed by atoms with E-state index in [2.05, 4.69) is 32.8 Å². The van der Waals surface area contributed by atoms with Crippen LogP contribution in [0, 0.1) is 0 Å². The molecule has 33 heavy (non-hydrogen) atoms. The predicted octanol–water partition coefficient (Wildman–Crippen LogP) is 5.84. The highest BCUT2D eigenvalue weighted by molar-refractivity contribution is 7.80. The van der Waals surface area contributed by atoms with Crippen LogP contribution in [-0.2, 0) is 4.79 Å². The zero-order chi connectivity index (χ0) is 23.2. The van der Waals surface area contributed by atoms with Crippen molar-refractivity contribution >= 4 is 57.7 Å². The highest BCUT2D eigenvalue weighted by Gasteiger charge is 2.22. The molecule has 1 aliphatic rings. The number of thiocarbonyl (C=S) groups is 1. The largest absolute Gasteiger partial charge is 0.457 e. The molecule has 4 rings (SSSR count). The molecular formula is C24H22ClN5O2S. The molecule has 0 saturated heterocycles. The summed E-state index contributed by atoms with van der Waals surface area (Å²) in [5.41, 5.74) is 2.00. The van der Waals surface area contributed by atoms with Gasteiger partial charge in [0.25, 0.3) is 0 Å². The van der Waals surface area contributed by atoms with E-state index in [9.17, 15) is 4.79 Å². The van der Waals surface area contributed by atoms with Gasteiger partial charge < -0.3 is 26.0 Å². The molecule has 0 spiro atoms. The molecule has 7 nitrogen and oxygen atoms in total.